The first-order valence-electron chi connectivity index (χ1n) is 11.0. The Bertz CT molecular complexity index is 1370. The van der Waals surface area contributed by atoms with E-state index in [0.29, 0.717) is 11.1 Å². The van der Waals surface area contributed by atoms with E-state index in [4.69, 9.17) is 4.74 Å². The summed E-state index contributed by atoms with van der Waals surface area (Å²) >= 11 is 0. The van der Waals surface area contributed by atoms with Crippen LogP contribution in [0.25, 0.3) is 0 Å². The van der Waals surface area contributed by atoms with Crippen molar-refractivity contribution in [2.75, 3.05) is 6.61 Å². The molecule has 1 heterocycles. The van der Waals surface area contributed by atoms with Crippen LogP contribution in [0.3, 0.4) is 0 Å². The topological polar surface area (TPSA) is 107 Å². The molecule has 4 rings (SSSR count). The lowest BCUT2D eigenvalue weighted by Gasteiger charge is -2.31. The number of carbonyl (C=O) groups excluding carboxylic acids is 1. The number of hydrogen-bond donors (Lipinski definition) is 0. The van der Waals surface area contributed by atoms with E-state index in [0.717, 1.165) is 5.56 Å². The molecule has 180 valence electrons. The predicted octanol–water partition coefficient (Wildman–Crippen LogP) is 4.88. The summed E-state index contributed by atoms with van der Waals surface area (Å²) in [4.78, 5) is 23.7. The van der Waals surface area contributed by atoms with Crippen LogP contribution in [0.2, 0.25) is 0 Å². The van der Waals surface area contributed by atoms with E-state index in [9.17, 15) is 23.3 Å². The molecule has 8 nitrogen and oxygen atoms in total. The maximum Gasteiger partial charge on any atom is 0.335 e. The van der Waals surface area contributed by atoms with Crippen LogP contribution in [0.1, 0.15) is 35.7 Å². The second-order valence-electron chi connectivity index (χ2n) is 8.10. The molecule has 3 aromatic rings. The zero-order chi connectivity index (χ0) is 25.2. The Morgan fingerprint density at radius 1 is 0.971 bits per heavy atom. The van der Waals surface area contributed by atoms with Crippen molar-refractivity contribution in [2.45, 2.75) is 30.8 Å². The normalized spacial score (nSPS) is 18.2. The van der Waals surface area contributed by atoms with Crippen molar-refractivity contribution in [3.05, 3.63) is 117 Å². The number of ether oxygens (including phenoxy) is 1. The third-order valence-corrected chi connectivity index (χ3v) is 7.69. The largest absolute Gasteiger partial charge is 0.463 e. The summed E-state index contributed by atoms with van der Waals surface area (Å²) in [7, 11) is -4.12. The number of hydrogen-bond acceptors (Lipinski definition) is 6. The average molecular weight is 493 g/mol. The molecule has 0 amide bonds. The van der Waals surface area contributed by atoms with Crippen LogP contribution < -0.4 is 0 Å². The molecule has 0 saturated heterocycles. The first kappa shape index (κ1) is 24.3. The van der Waals surface area contributed by atoms with Gasteiger partial charge < -0.3 is 4.74 Å². The van der Waals surface area contributed by atoms with E-state index in [1.807, 2.05) is 13.0 Å². The number of nitro groups is 1. The minimum Gasteiger partial charge on any atom is -0.463 e. The predicted molar refractivity (Wildman–Crippen MR) is 130 cm³/mol. The fourth-order valence-electron chi connectivity index (χ4n) is 4.14. The number of aryl methyl sites for hydroxylation is 1. The highest BCUT2D eigenvalue weighted by molar-refractivity contribution is 7.89. The molecular formula is C26H24N2O6S. The molecule has 0 N–H and O–H groups in total. The second-order valence-corrected chi connectivity index (χ2v) is 9.94. The lowest BCUT2D eigenvalue weighted by atomic mass is 10.0. The van der Waals surface area contributed by atoms with Crippen LogP contribution in [0.15, 0.2) is 95.4 Å². The molecule has 0 aliphatic carbocycles. The lowest BCUT2D eigenvalue weighted by molar-refractivity contribution is -0.384. The van der Waals surface area contributed by atoms with Gasteiger partial charge in [-0.25, -0.2) is 13.2 Å². The molecule has 0 saturated carbocycles. The summed E-state index contributed by atoms with van der Waals surface area (Å²) in [6.07, 6.45) is 1.60. The fourth-order valence-corrected chi connectivity index (χ4v) is 5.86. The summed E-state index contributed by atoms with van der Waals surface area (Å²) in [5, 5.41) is 11.2. The van der Waals surface area contributed by atoms with Gasteiger partial charge in [0.2, 0.25) is 10.0 Å². The van der Waals surface area contributed by atoms with E-state index in [1.165, 1.54) is 40.7 Å². The van der Waals surface area contributed by atoms with Crippen molar-refractivity contribution >= 4 is 21.7 Å². The Balaban J connectivity index is 1.93. The third kappa shape index (κ3) is 4.73. The van der Waals surface area contributed by atoms with Gasteiger partial charge in [-0.2, -0.15) is 4.31 Å². The highest BCUT2D eigenvalue weighted by Gasteiger charge is 2.47. The molecular weight excluding hydrogens is 468 g/mol. The molecule has 2 atom stereocenters. The first-order valence-corrected chi connectivity index (χ1v) is 12.5. The summed E-state index contributed by atoms with van der Waals surface area (Å²) in [6, 6.07) is 19.2. The minimum absolute atomic E-state index is 0.0782. The van der Waals surface area contributed by atoms with Crippen LogP contribution in [-0.2, 0) is 19.6 Å². The smallest absolute Gasteiger partial charge is 0.335 e. The zero-order valence-corrected chi connectivity index (χ0v) is 20.0. The summed E-state index contributed by atoms with van der Waals surface area (Å²) in [6.45, 7) is 3.65. The van der Waals surface area contributed by atoms with Gasteiger partial charge >= 0.3 is 5.97 Å². The van der Waals surface area contributed by atoms with Crippen molar-refractivity contribution in [1.82, 2.24) is 4.31 Å². The monoisotopic (exact) mass is 492 g/mol. The number of rotatable bonds is 7. The van der Waals surface area contributed by atoms with Gasteiger partial charge in [-0.05, 0) is 43.2 Å². The Hall–Kier alpha value is -3.82. The van der Waals surface area contributed by atoms with Gasteiger partial charge in [0.1, 0.15) is 0 Å². The molecule has 0 aromatic heterocycles. The Morgan fingerprint density at radius 2 is 1.60 bits per heavy atom. The van der Waals surface area contributed by atoms with Gasteiger partial charge in [-0.1, -0.05) is 60.2 Å². The summed E-state index contributed by atoms with van der Waals surface area (Å²) in [5.41, 5.74) is 2.02. The maximum atomic E-state index is 14.0. The SMILES string of the molecule is CCOC(=O)C1=C[C@@H](c2ccccc2)N(S(=O)(=O)c2ccc(C)cc2)[C@H]1c1ccc([N+](=O)[O-])cc1. The molecule has 0 unspecified atom stereocenters. The molecule has 3 aromatic carbocycles. The van der Waals surface area contributed by atoms with Gasteiger partial charge in [0.25, 0.3) is 5.69 Å². The molecule has 35 heavy (non-hydrogen) atoms. The van der Waals surface area contributed by atoms with Gasteiger partial charge in [-0.3, -0.25) is 10.1 Å². The first-order chi connectivity index (χ1) is 16.7. The molecule has 9 heteroatoms. The minimum atomic E-state index is -4.12. The standard InChI is InChI=1S/C26H24N2O6S/c1-3-34-26(29)23-17-24(19-7-5-4-6-8-19)27(35(32,33)22-15-9-18(2)10-16-22)25(23)20-11-13-21(14-12-20)28(30)31/h4-17,24-25H,3H2,1-2H3/t24-,25-/m0/s1. The molecule has 1 aliphatic rings. The molecule has 0 spiro atoms. The number of esters is 1. The van der Waals surface area contributed by atoms with Crippen LogP contribution in [0, 0.1) is 17.0 Å². The Kier molecular flexibility index (Phi) is 6.81. The third-order valence-electron chi connectivity index (χ3n) is 5.83. The molecule has 0 fully saturated rings. The van der Waals surface area contributed by atoms with Crippen LogP contribution in [-0.4, -0.2) is 30.2 Å². The van der Waals surface area contributed by atoms with Gasteiger partial charge in [0, 0.05) is 12.1 Å². The Morgan fingerprint density at radius 3 is 2.17 bits per heavy atom. The highest BCUT2D eigenvalue weighted by Crippen LogP contribution is 2.47. The second kappa shape index (κ2) is 9.81. The number of nitrogens with zero attached hydrogens (tertiary/aromatic N) is 2. The van der Waals surface area contributed by atoms with E-state index in [1.54, 1.807) is 49.4 Å². The highest BCUT2D eigenvalue weighted by atomic mass is 32.2. The van der Waals surface area contributed by atoms with E-state index >= 15 is 0 Å². The van der Waals surface area contributed by atoms with Crippen molar-refractivity contribution < 1.29 is 22.9 Å². The molecule has 0 bridgehead atoms. The van der Waals surface area contributed by atoms with Crippen molar-refractivity contribution in [3.8, 4) is 0 Å². The zero-order valence-electron chi connectivity index (χ0n) is 19.2. The van der Waals surface area contributed by atoms with Crippen LogP contribution >= 0.6 is 0 Å². The summed E-state index contributed by atoms with van der Waals surface area (Å²) in [5.74, 6) is -0.640. The van der Waals surface area contributed by atoms with Gasteiger partial charge in [-0.15, -0.1) is 0 Å². The number of sulfonamides is 1. The van der Waals surface area contributed by atoms with Gasteiger partial charge in [0.05, 0.1) is 34.1 Å². The molecule has 1 aliphatic heterocycles. The van der Waals surface area contributed by atoms with E-state index in [-0.39, 0.29) is 22.8 Å². The maximum absolute atomic E-state index is 14.0. The van der Waals surface area contributed by atoms with Crippen LogP contribution in [0.4, 0.5) is 5.69 Å². The number of carbonyl (C=O) groups is 1. The Labute approximate surface area is 203 Å². The number of benzene rings is 3. The van der Waals surface area contributed by atoms with E-state index in [2.05, 4.69) is 0 Å². The number of nitro benzene ring substituents is 1. The van der Waals surface area contributed by atoms with Crippen molar-refractivity contribution in [1.29, 1.82) is 0 Å². The van der Waals surface area contributed by atoms with Crippen LogP contribution in [0.5, 0.6) is 0 Å². The lowest BCUT2D eigenvalue weighted by Crippen LogP contribution is -2.35. The summed E-state index contributed by atoms with van der Waals surface area (Å²) < 4.78 is 34.6. The molecule has 0 radical (unpaired) electrons. The average Bonchev–Trinajstić information content (AvgIpc) is 3.27. The van der Waals surface area contributed by atoms with Crippen molar-refractivity contribution in [3.63, 3.8) is 0 Å². The van der Waals surface area contributed by atoms with Crippen molar-refractivity contribution in [2.24, 2.45) is 0 Å². The quantitative estimate of drug-likeness (QED) is 0.264. The fraction of sp³-hybridized carbons (Fsp3) is 0.192. The number of non-ortho nitro benzene ring substituents is 1. The van der Waals surface area contributed by atoms with Gasteiger partial charge in [0.15, 0.2) is 0 Å². The van der Waals surface area contributed by atoms with E-state index < -0.39 is 33.0 Å².